The van der Waals surface area contributed by atoms with Gasteiger partial charge < -0.3 is 5.11 Å². The van der Waals surface area contributed by atoms with Crippen LogP contribution in [0.2, 0.25) is 5.15 Å². The van der Waals surface area contributed by atoms with Crippen LogP contribution in [0, 0.1) is 6.92 Å². The van der Waals surface area contributed by atoms with Crippen molar-refractivity contribution >= 4 is 22.9 Å². The Morgan fingerprint density at radius 2 is 2.00 bits per heavy atom. The second-order valence-electron chi connectivity index (χ2n) is 1.33. The van der Waals surface area contributed by atoms with E-state index in [0.29, 0.717) is 0 Å². The topological polar surface area (TPSA) is 33.1 Å². The average molecular weight is 180 g/mol. The van der Waals surface area contributed by atoms with Crippen LogP contribution in [-0.2, 0) is 0 Å². The van der Waals surface area contributed by atoms with Gasteiger partial charge >= 0.3 is 0 Å². The van der Waals surface area contributed by atoms with E-state index < -0.39 is 0 Å². The quantitative estimate of drug-likeness (QED) is 0.665. The van der Waals surface area contributed by atoms with Crippen LogP contribution in [0.25, 0.3) is 0 Å². The molecule has 4 heteroatoms. The monoisotopic (exact) mass is 179 g/mol. The molecule has 0 aliphatic heterocycles. The smallest absolute Gasteiger partial charge is 0.211 e. The summed E-state index contributed by atoms with van der Waals surface area (Å²) in [7, 11) is 0. The molecule has 2 nitrogen and oxygen atoms in total. The maximum absolute atomic E-state index is 8.76. The first-order valence-corrected chi connectivity index (χ1v) is 4.21. The predicted octanol–water partition coefficient (Wildman–Crippen LogP) is 2.84. The fourth-order valence-corrected chi connectivity index (χ4v) is 1.23. The normalized spacial score (nSPS) is 8.40. The molecule has 0 aromatic carbocycles. The molecule has 1 aromatic rings. The van der Waals surface area contributed by atoms with E-state index in [1.807, 2.05) is 13.8 Å². The summed E-state index contributed by atoms with van der Waals surface area (Å²) in [6.45, 7) is 5.79. The van der Waals surface area contributed by atoms with Gasteiger partial charge in [0.05, 0.1) is 5.01 Å². The van der Waals surface area contributed by atoms with Crippen LogP contribution in [0.1, 0.15) is 18.9 Å². The van der Waals surface area contributed by atoms with Crippen molar-refractivity contribution in [1.29, 1.82) is 0 Å². The molecular weight excluding hydrogens is 170 g/mol. The molecule has 1 aromatic heterocycles. The lowest BCUT2D eigenvalue weighted by Gasteiger charge is -1.74. The zero-order valence-electron chi connectivity index (χ0n) is 6.18. The number of hydrogen-bond acceptors (Lipinski definition) is 3. The fraction of sp³-hybridized carbons (Fsp3) is 0.500. The van der Waals surface area contributed by atoms with Crippen LogP contribution in [0.15, 0.2) is 0 Å². The second-order valence-corrected chi connectivity index (χ2v) is 2.87. The maximum atomic E-state index is 8.76. The number of thiazole rings is 1. The van der Waals surface area contributed by atoms with Gasteiger partial charge in [0.2, 0.25) is 5.06 Å². The molecule has 0 saturated heterocycles. The molecule has 1 heterocycles. The molecule has 0 fully saturated rings. The lowest BCUT2D eigenvalue weighted by molar-refractivity contribution is 0.489. The standard InChI is InChI=1S/C4H4ClNOS.C2H6/c1-2-6-3(5)4(7)8-2;1-2/h7H,1H3;1-2H3. The maximum Gasteiger partial charge on any atom is 0.211 e. The van der Waals surface area contributed by atoms with Crippen molar-refractivity contribution in [2.45, 2.75) is 20.8 Å². The van der Waals surface area contributed by atoms with Crippen LogP contribution in [0.4, 0.5) is 0 Å². The molecule has 0 saturated carbocycles. The zero-order chi connectivity index (χ0) is 8.15. The van der Waals surface area contributed by atoms with Gasteiger partial charge in [0.15, 0.2) is 5.15 Å². The van der Waals surface area contributed by atoms with E-state index in [1.165, 1.54) is 11.3 Å². The van der Waals surface area contributed by atoms with Gasteiger partial charge in [-0.15, -0.1) is 0 Å². The van der Waals surface area contributed by atoms with E-state index in [4.69, 9.17) is 16.7 Å². The minimum Gasteiger partial charge on any atom is -0.497 e. The van der Waals surface area contributed by atoms with Gasteiger partial charge in [0.1, 0.15) is 0 Å². The summed E-state index contributed by atoms with van der Waals surface area (Å²) >= 11 is 6.56. The minimum atomic E-state index is 0.101. The van der Waals surface area contributed by atoms with Gasteiger partial charge in [0.25, 0.3) is 0 Å². The Morgan fingerprint density at radius 3 is 2.10 bits per heavy atom. The Morgan fingerprint density at radius 1 is 1.50 bits per heavy atom. The molecule has 0 unspecified atom stereocenters. The van der Waals surface area contributed by atoms with E-state index in [2.05, 4.69) is 4.98 Å². The van der Waals surface area contributed by atoms with E-state index in [-0.39, 0.29) is 10.2 Å². The van der Waals surface area contributed by atoms with Gasteiger partial charge in [-0.3, -0.25) is 0 Å². The number of aromatic nitrogens is 1. The van der Waals surface area contributed by atoms with Crippen LogP contribution in [0.5, 0.6) is 5.06 Å². The first kappa shape index (κ1) is 9.72. The molecule has 58 valence electrons. The largest absolute Gasteiger partial charge is 0.497 e. The van der Waals surface area contributed by atoms with E-state index in [1.54, 1.807) is 6.92 Å². The molecule has 0 amide bonds. The highest BCUT2D eigenvalue weighted by molar-refractivity contribution is 7.13. The van der Waals surface area contributed by atoms with Gasteiger partial charge in [-0.25, -0.2) is 4.98 Å². The van der Waals surface area contributed by atoms with Gasteiger partial charge in [-0.2, -0.15) is 0 Å². The average Bonchev–Trinajstić information content (AvgIpc) is 2.16. The van der Waals surface area contributed by atoms with E-state index in [9.17, 15) is 0 Å². The van der Waals surface area contributed by atoms with Crippen molar-refractivity contribution in [2.75, 3.05) is 0 Å². The van der Waals surface area contributed by atoms with Crippen molar-refractivity contribution in [3.05, 3.63) is 10.2 Å². The molecule has 1 rings (SSSR count). The third-order valence-corrected chi connectivity index (χ3v) is 1.83. The fourth-order valence-electron chi connectivity index (χ4n) is 0.391. The SMILES string of the molecule is CC.Cc1nc(Cl)c(O)s1. The Labute approximate surface area is 69.5 Å². The molecule has 0 spiro atoms. The molecule has 0 radical (unpaired) electrons. The number of aromatic hydroxyl groups is 1. The van der Waals surface area contributed by atoms with Crippen LogP contribution in [0.3, 0.4) is 0 Å². The van der Waals surface area contributed by atoms with Crippen molar-refractivity contribution in [2.24, 2.45) is 0 Å². The highest BCUT2D eigenvalue weighted by Crippen LogP contribution is 2.28. The molecule has 0 aliphatic carbocycles. The van der Waals surface area contributed by atoms with E-state index >= 15 is 0 Å². The first-order chi connectivity index (χ1) is 4.70. The molecular formula is C6H10ClNOS. The summed E-state index contributed by atoms with van der Waals surface area (Å²) in [6, 6.07) is 0. The van der Waals surface area contributed by atoms with Crippen molar-refractivity contribution < 1.29 is 5.11 Å². The Kier molecular flexibility index (Phi) is 4.40. The van der Waals surface area contributed by atoms with Crippen molar-refractivity contribution in [1.82, 2.24) is 4.98 Å². The van der Waals surface area contributed by atoms with Crippen molar-refractivity contribution in [3.63, 3.8) is 0 Å². The summed E-state index contributed by atoms with van der Waals surface area (Å²) in [4.78, 5) is 3.74. The highest BCUT2D eigenvalue weighted by atomic mass is 35.5. The summed E-state index contributed by atoms with van der Waals surface area (Å²) < 4.78 is 0. The molecule has 1 N–H and O–H groups in total. The number of nitrogens with zero attached hydrogens (tertiary/aromatic N) is 1. The van der Waals surface area contributed by atoms with Crippen LogP contribution < -0.4 is 0 Å². The van der Waals surface area contributed by atoms with Gasteiger partial charge in [0, 0.05) is 0 Å². The van der Waals surface area contributed by atoms with Gasteiger partial charge in [-0.05, 0) is 6.92 Å². The van der Waals surface area contributed by atoms with Gasteiger partial charge in [-0.1, -0.05) is 36.8 Å². The Balaban J connectivity index is 0.000000371. The summed E-state index contributed by atoms with van der Waals surface area (Å²) in [5.41, 5.74) is 0. The third kappa shape index (κ3) is 2.54. The van der Waals surface area contributed by atoms with Crippen LogP contribution in [-0.4, -0.2) is 10.1 Å². The summed E-state index contributed by atoms with van der Waals surface area (Å²) in [5.74, 6) is 0. The third-order valence-electron chi connectivity index (χ3n) is 0.676. The first-order valence-electron chi connectivity index (χ1n) is 3.02. The predicted molar refractivity (Wildman–Crippen MR) is 44.9 cm³/mol. The number of rotatable bonds is 0. The Bertz CT molecular complexity index is 180. The second kappa shape index (κ2) is 4.52. The zero-order valence-corrected chi connectivity index (χ0v) is 7.75. The molecule has 0 aliphatic rings. The van der Waals surface area contributed by atoms with Crippen LogP contribution >= 0.6 is 22.9 Å². The number of hydrogen-bond donors (Lipinski definition) is 1. The Hall–Kier alpha value is -0.280. The minimum absolute atomic E-state index is 0.101. The highest BCUT2D eigenvalue weighted by Gasteiger charge is 2.01. The van der Waals surface area contributed by atoms with E-state index in [0.717, 1.165) is 5.01 Å². The summed E-state index contributed by atoms with van der Waals surface area (Å²) in [6.07, 6.45) is 0. The van der Waals surface area contributed by atoms with Crippen molar-refractivity contribution in [3.8, 4) is 5.06 Å². The number of aryl methyl sites for hydroxylation is 1. The molecule has 0 atom stereocenters. The number of halogens is 1. The molecule has 10 heavy (non-hydrogen) atoms. The lowest BCUT2D eigenvalue weighted by atomic mass is 10.8. The lowest BCUT2D eigenvalue weighted by Crippen LogP contribution is -1.62. The molecule has 0 bridgehead atoms. The summed E-state index contributed by atoms with van der Waals surface area (Å²) in [5, 5.41) is 9.85.